The van der Waals surface area contributed by atoms with E-state index in [0.717, 1.165) is 12.1 Å². The van der Waals surface area contributed by atoms with Crippen LogP contribution in [0.15, 0.2) is 30.6 Å². The van der Waals surface area contributed by atoms with Gasteiger partial charge in [-0.15, -0.1) is 5.10 Å². The maximum Gasteiger partial charge on any atom is 0.255 e. The van der Waals surface area contributed by atoms with Crippen molar-refractivity contribution < 1.29 is 4.79 Å². The van der Waals surface area contributed by atoms with Crippen LogP contribution in [0.3, 0.4) is 0 Å². The highest BCUT2D eigenvalue weighted by atomic mass is 16.1. The molecule has 0 saturated carbocycles. The second-order valence-corrected chi connectivity index (χ2v) is 4.05. The predicted octanol–water partition coefficient (Wildman–Crippen LogP) is 1.43. The number of H-pyrrole nitrogens is 1. The zero-order valence-electron chi connectivity index (χ0n) is 10.3. The van der Waals surface area contributed by atoms with Crippen molar-refractivity contribution in [1.82, 2.24) is 25.2 Å². The number of amides is 1. The zero-order chi connectivity index (χ0) is 13.2. The fourth-order valence-electron chi connectivity index (χ4n) is 1.87. The van der Waals surface area contributed by atoms with Gasteiger partial charge in [0.25, 0.3) is 5.91 Å². The van der Waals surface area contributed by atoms with Gasteiger partial charge < -0.3 is 5.32 Å². The Morgan fingerprint density at radius 1 is 1.47 bits per heavy atom. The third-order valence-corrected chi connectivity index (χ3v) is 2.83. The van der Waals surface area contributed by atoms with E-state index in [2.05, 4.69) is 25.8 Å². The molecule has 0 spiro atoms. The second-order valence-electron chi connectivity index (χ2n) is 4.05. The van der Waals surface area contributed by atoms with Crippen molar-refractivity contribution in [2.45, 2.75) is 13.5 Å². The average Bonchev–Trinajstić information content (AvgIpc) is 3.06. The Labute approximate surface area is 108 Å². The maximum atomic E-state index is 12.0. The summed E-state index contributed by atoms with van der Waals surface area (Å²) in [5.41, 5.74) is 2.79. The lowest BCUT2D eigenvalue weighted by Crippen LogP contribution is -2.11. The van der Waals surface area contributed by atoms with Crippen molar-refractivity contribution in [3.8, 4) is 0 Å². The summed E-state index contributed by atoms with van der Waals surface area (Å²) in [7, 11) is 0. The zero-order valence-corrected chi connectivity index (χ0v) is 10.3. The summed E-state index contributed by atoms with van der Waals surface area (Å²) in [4.78, 5) is 12.0. The minimum absolute atomic E-state index is 0.200. The van der Waals surface area contributed by atoms with Crippen molar-refractivity contribution in [3.05, 3.63) is 36.2 Å². The number of nitrogens with one attached hydrogen (secondary N) is 2. The molecule has 0 aliphatic heterocycles. The number of carbonyl (C=O) groups is 1. The van der Waals surface area contributed by atoms with Crippen LogP contribution in [0.1, 0.15) is 17.3 Å². The number of carbonyl (C=O) groups excluding carboxylic acids is 1. The number of hydrogen-bond donors (Lipinski definition) is 2. The van der Waals surface area contributed by atoms with Gasteiger partial charge >= 0.3 is 0 Å². The molecule has 96 valence electrons. The van der Waals surface area contributed by atoms with Crippen LogP contribution in [-0.4, -0.2) is 31.1 Å². The van der Waals surface area contributed by atoms with E-state index in [1.54, 1.807) is 29.2 Å². The van der Waals surface area contributed by atoms with Crippen LogP contribution in [0.5, 0.6) is 0 Å². The van der Waals surface area contributed by atoms with Crippen molar-refractivity contribution in [2.75, 3.05) is 5.32 Å². The third kappa shape index (κ3) is 2.05. The number of rotatable bonds is 3. The minimum Gasteiger partial charge on any atom is -0.319 e. The number of nitrogens with zero attached hydrogens (tertiary/aromatic N) is 4. The lowest BCUT2D eigenvalue weighted by atomic mass is 10.2. The van der Waals surface area contributed by atoms with Crippen LogP contribution in [0.25, 0.3) is 11.0 Å². The Bertz CT molecular complexity index is 715. The van der Waals surface area contributed by atoms with Crippen LogP contribution < -0.4 is 5.32 Å². The van der Waals surface area contributed by atoms with E-state index in [-0.39, 0.29) is 5.91 Å². The molecule has 19 heavy (non-hydrogen) atoms. The van der Waals surface area contributed by atoms with Crippen LogP contribution in [0, 0.1) is 0 Å². The molecule has 2 heterocycles. The number of benzene rings is 1. The van der Waals surface area contributed by atoms with Crippen LogP contribution in [-0.2, 0) is 6.54 Å². The molecule has 0 aliphatic carbocycles. The monoisotopic (exact) mass is 256 g/mol. The van der Waals surface area contributed by atoms with Gasteiger partial charge in [0.2, 0.25) is 0 Å². The molecule has 0 bridgehead atoms. The standard InChI is InChI=1S/C12H12N6O/c1-2-18-11-4-3-8(5-10(11)16-17-18)12(19)15-9-6-13-14-7-9/h3-7H,2H2,1H3,(H,13,14)(H,15,19). The molecule has 0 radical (unpaired) electrons. The molecule has 0 aliphatic rings. The van der Waals surface area contributed by atoms with E-state index in [0.29, 0.717) is 16.8 Å². The van der Waals surface area contributed by atoms with Gasteiger partial charge in [-0.25, -0.2) is 4.68 Å². The molecular weight excluding hydrogens is 244 g/mol. The van der Waals surface area contributed by atoms with E-state index in [4.69, 9.17) is 0 Å². The van der Waals surface area contributed by atoms with E-state index in [9.17, 15) is 4.79 Å². The molecule has 1 aromatic carbocycles. The summed E-state index contributed by atoms with van der Waals surface area (Å²) in [5, 5.41) is 17.2. The van der Waals surface area contributed by atoms with Crippen LogP contribution in [0.2, 0.25) is 0 Å². The Morgan fingerprint density at radius 3 is 3.11 bits per heavy atom. The van der Waals surface area contributed by atoms with Gasteiger partial charge in [-0.05, 0) is 25.1 Å². The molecule has 1 amide bonds. The third-order valence-electron chi connectivity index (χ3n) is 2.83. The molecule has 3 aromatic rings. The van der Waals surface area contributed by atoms with Crippen molar-refractivity contribution in [1.29, 1.82) is 0 Å². The molecule has 0 unspecified atom stereocenters. The SMILES string of the molecule is CCn1nnc2cc(C(=O)Nc3cn[nH]c3)ccc21. The number of fused-ring (bicyclic) bond motifs is 1. The largest absolute Gasteiger partial charge is 0.319 e. The Balaban J connectivity index is 1.90. The molecule has 3 rings (SSSR count). The molecule has 2 N–H and O–H groups in total. The average molecular weight is 256 g/mol. The molecule has 2 aromatic heterocycles. The first-order valence-electron chi connectivity index (χ1n) is 5.91. The highest BCUT2D eigenvalue weighted by molar-refractivity contribution is 6.05. The molecule has 0 fully saturated rings. The lowest BCUT2D eigenvalue weighted by molar-refractivity contribution is 0.102. The first-order chi connectivity index (χ1) is 9.28. The van der Waals surface area contributed by atoms with E-state index < -0.39 is 0 Å². The lowest BCUT2D eigenvalue weighted by Gasteiger charge is -2.02. The highest BCUT2D eigenvalue weighted by Crippen LogP contribution is 2.14. The summed E-state index contributed by atoms with van der Waals surface area (Å²) in [6.45, 7) is 2.74. The van der Waals surface area contributed by atoms with Crippen LogP contribution in [0.4, 0.5) is 5.69 Å². The van der Waals surface area contributed by atoms with Gasteiger partial charge in [-0.2, -0.15) is 5.10 Å². The topological polar surface area (TPSA) is 88.5 Å². The minimum atomic E-state index is -0.200. The first kappa shape index (κ1) is 11.4. The van der Waals surface area contributed by atoms with Crippen molar-refractivity contribution in [3.63, 3.8) is 0 Å². The summed E-state index contributed by atoms with van der Waals surface area (Å²) in [6.07, 6.45) is 3.16. The van der Waals surface area contributed by atoms with E-state index in [1.165, 1.54) is 0 Å². The van der Waals surface area contributed by atoms with Gasteiger partial charge in [0.05, 0.1) is 17.4 Å². The quantitative estimate of drug-likeness (QED) is 0.741. The van der Waals surface area contributed by atoms with Gasteiger partial charge in [-0.1, -0.05) is 5.21 Å². The molecular formula is C12H12N6O. The normalized spacial score (nSPS) is 10.8. The first-order valence-corrected chi connectivity index (χ1v) is 5.91. The van der Waals surface area contributed by atoms with Gasteiger partial charge in [0.1, 0.15) is 5.52 Å². The highest BCUT2D eigenvalue weighted by Gasteiger charge is 2.10. The number of hydrogen-bond acceptors (Lipinski definition) is 4. The number of aromatic nitrogens is 5. The maximum absolute atomic E-state index is 12.0. The van der Waals surface area contributed by atoms with Crippen molar-refractivity contribution >= 4 is 22.6 Å². The number of aryl methyl sites for hydroxylation is 1. The summed E-state index contributed by atoms with van der Waals surface area (Å²) >= 11 is 0. The number of anilines is 1. The van der Waals surface area contributed by atoms with Crippen molar-refractivity contribution in [2.24, 2.45) is 0 Å². The summed E-state index contributed by atoms with van der Waals surface area (Å²) in [6, 6.07) is 5.33. The van der Waals surface area contributed by atoms with Gasteiger partial charge in [0, 0.05) is 18.3 Å². The number of aromatic amines is 1. The predicted molar refractivity (Wildman–Crippen MR) is 69.7 cm³/mol. The van der Waals surface area contributed by atoms with Gasteiger partial charge in [0.15, 0.2) is 0 Å². The Hall–Kier alpha value is -2.70. The fraction of sp³-hybridized carbons (Fsp3) is 0.167. The van der Waals surface area contributed by atoms with Crippen LogP contribution >= 0.6 is 0 Å². The summed E-state index contributed by atoms with van der Waals surface area (Å²) in [5.74, 6) is -0.200. The second kappa shape index (κ2) is 4.52. The van der Waals surface area contributed by atoms with E-state index >= 15 is 0 Å². The smallest absolute Gasteiger partial charge is 0.255 e. The summed E-state index contributed by atoms with van der Waals surface area (Å²) < 4.78 is 1.78. The molecule has 7 heteroatoms. The molecule has 0 atom stereocenters. The Kier molecular flexibility index (Phi) is 2.71. The molecule has 0 saturated heterocycles. The Morgan fingerprint density at radius 2 is 2.37 bits per heavy atom. The van der Waals surface area contributed by atoms with Gasteiger partial charge in [-0.3, -0.25) is 9.89 Å². The molecule has 7 nitrogen and oxygen atoms in total. The van der Waals surface area contributed by atoms with E-state index in [1.807, 2.05) is 13.0 Å². The fourth-order valence-corrected chi connectivity index (χ4v) is 1.87.